The molecule has 0 aliphatic rings. The molecule has 0 spiro atoms. The van der Waals surface area contributed by atoms with E-state index in [4.69, 9.17) is 16.6 Å². The van der Waals surface area contributed by atoms with Crippen molar-refractivity contribution >= 4 is 19.5 Å². The molecule has 7 N–H and O–H groups in total. The van der Waals surface area contributed by atoms with Crippen molar-refractivity contribution in [2.45, 2.75) is 45.0 Å². The highest BCUT2D eigenvalue weighted by Gasteiger charge is 2.32. The Morgan fingerprint density at radius 2 is 1.95 bits per heavy atom. The second-order valence-electron chi connectivity index (χ2n) is 4.43. The topological polar surface area (TPSA) is 165 Å². The third kappa shape index (κ3) is 7.56. The van der Waals surface area contributed by atoms with Crippen LogP contribution in [0.5, 0.6) is 0 Å². The molecule has 4 atom stereocenters. The lowest BCUT2D eigenvalue weighted by atomic mass is 10.1. The van der Waals surface area contributed by atoms with Gasteiger partial charge in [0.2, 0.25) is 5.91 Å². The fraction of sp³-hybridized carbons (Fsp3) is 0.800. The van der Waals surface area contributed by atoms with Gasteiger partial charge in [-0.3, -0.25) is 13.9 Å². The van der Waals surface area contributed by atoms with E-state index in [-0.39, 0.29) is 0 Å². The molecular formula is C10H22N3O6P. The lowest BCUT2D eigenvalue weighted by molar-refractivity contribution is -0.141. The van der Waals surface area contributed by atoms with Gasteiger partial charge in [0.05, 0.1) is 12.2 Å². The molecule has 20 heavy (non-hydrogen) atoms. The highest BCUT2D eigenvalue weighted by Crippen LogP contribution is 2.43. The monoisotopic (exact) mass is 311 g/mol. The molecule has 0 rings (SSSR count). The lowest BCUT2D eigenvalue weighted by Crippen LogP contribution is -2.50. The molecule has 0 aromatic carbocycles. The summed E-state index contributed by atoms with van der Waals surface area (Å²) in [6.07, 6.45) is -0.781. The summed E-state index contributed by atoms with van der Waals surface area (Å²) in [6.45, 7) is 3.15. The average molecular weight is 311 g/mol. The van der Waals surface area contributed by atoms with Crippen molar-refractivity contribution in [3.8, 4) is 0 Å². The number of nitrogens with two attached hydrogens (primary N) is 2. The van der Waals surface area contributed by atoms with E-state index in [1.54, 1.807) is 0 Å². The maximum atomic E-state index is 11.6. The molecule has 0 saturated carbocycles. The summed E-state index contributed by atoms with van der Waals surface area (Å²) in [4.78, 5) is 32.1. The maximum Gasteiger partial charge on any atom is 0.332 e. The zero-order valence-corrected chi connectivity index (χ0v) is 12.4. The predicted molar refractivity (Wildman–Crippen MR) is 71.9 cm³/mol. The van der Waals surface area contributed by atoms with Crippen LogP contribution >= 0.6 is 7.60 Å². The molecular weight excluding hydrogens is 289 g/mol. The van der Waals surface area contributed by atoms with Crippen molar-refractivity contribution in [1.29, 1.82) is 0 Å². The summed E-state index contributed by atoms with van der Waals surface area (Å²) >= 11 is 0. The van der Waals surface area contributed by atoms with Gasteiger partial charge >= 0.3 is 13.6 Å². The summed E-state index contributed by atoms with van der Waals surface area (Å²) < 4.78 is 16.2. The predicted octanol–water partition coefficient (Wildman–Crippen LogP) is -0.810. The van der Waals surface area contributed by atoms with Crippen molar-refractivity contribution in [2.24, 2.45) is 11.5 Å². The Morgan fingerprint density at radius 1 is 1.40 bits per heavy atom. The molecule has 0 aromatic rings. The van der Waals surface area contributed by atoms with Gasteiger partial charge in [-0.15, -0.1) is 0 Å². The molecule has 9 nitrogen and oxygen atoms in total. The summed E-state index contributed by atoms with van der Waals surface area (Å²) in [5, 5.41) is 11.1. The second kappa shape index (κ2) is 8.33. The van der Waals surface area contributed by atoms with Crippen LogP contribution in [0.4, 0.5) is 0 Å². The van der Waals surface area contributed by atoms with E-state index in [0.29, 0.717) is 12.8 Å². The average Bonchev–Trinajstić information content (AvgIpc) is 2.25. The van der Waals surface area contributed by atoms with Crippen LogP contribution in [0.25, 0.3) is 0 Å². The van der Waals surface area contributed by atoms with Gasteiger partial charge in [-0.1, -0.05) is 13.3 Å². The van der Waals surface area contributed by atoms with Crippen LogP contribution in [0.2, 0.25) is 0 Å². The van der Waals surface area contributed by atoms with E-state index in [1.165, 1.54) is 6.92 Å². The molecule has 0 bridgehead atoms. The summed E-state index contributed by atoms with van der Waals surface area (Å²) in [5.74, 6) is -2.15. The summed E-state index contributed by atoms with van der Waals surface area (Å²) in [7, 11) is -4.22. The van der Waals surface area contributed by atoms with Crippen LogP contribution in [0.15, 0.2) is 0 Å². The number of hydrogen-bond acceptors (Lipinski definition) is 6. The minimum absolute atomic E-state index is 0.380. The fourth-order valence-electron chi connectivity index (χ4n) is 1.44. The van der Waals surface area contributed by atoms with Crippen LogP contribution in [-0.2, 0) is 18.7 Å². The number of amides is 1. The minimum Gasteiger partial charge on any atom is -0.480 e. The number of carbonyl (C=O) groups excluding carboxylic acids is 1. The first kappa shape index (κ1) is 19.0. The number of carbonyl (C=O) groups is 2. The lowest BCUT2D eigenvalue weighted by Gasteiger charge is -2.21. The summed E-state index contributed by atoms with van der Waals surface area (Å²) in [6, 6.07) is -2.44. The quantitative estimate of drug-likeness (QED) is 0.272. The Bertz CT molecular complexity index is 389. The van der Waals surface area contributed by atoms with E-state index in [0.717, 1.165) is 0 Å². The molecule has 10 heteroatoms. The Kier molecular flexibility index (Phi) is 7.92. The highest BCUT2D eigenvalue weighted by molar-refractivity contribution is 7.52. The van der Waals surface area contributed by atoms with Crippen LogP contribution in [-0.4, -0.2) is 46.3 Å². The van der Waals surface area contributed by atoms with Gasteiger partial charge in [0.15, 0.2) is 0 Å². The first-order valence-electron chi connectivity index (χ1n) is 6.13. The van der Waals surface area contributed by atoms with Gasteiger partial charge in [0, 0.05) is 0 Å². The molecule has 118 valence electrons. The number of carboxylic acid groups (broad SMARTS) is 1. The van der Waals surface area contributed by atoms with Crippen molar-refractivity contribution in [2.75, 3.05) is 6.16 Å². The van der Waals surface area contributed by atoms with Gasteiger partial charge in [0.25, 0.3) is 0 Å². The first-order chi connectivity index (χ1) is 9.09. The fourth-order valence-corrected chi connectivity index (χ4v) is 2.75. The molecule has 0 heterocycles. The third-order valence-corrected chi connectivity index (χ3v) is 3.78. The molecule has 1 amide bonds. The Morgan fingerprint density at radius 3 is 2.35 bits per heavy atom. The Hall–Kier alpha value is -0.990. The van der Waals surface area contributed by atoms with E-state index in [2.05, 4.69) is 9.84 Å². The molecule has 0 saturated heterocycles. The van der Waals surface area contributed by atoms with Crippen molar-refractivity contribution < 1.29 is 28.7 Å². The van der Waals surface area contributed by atoms with Crippen molar-refractivity contribution in [3.63, 3.8) is 0 Å². The van der Waals surface area contributed by atoms with Crippen LogP contribution < -0.4 is 16.8 Å². The molecule has 0 aliphatic heterocycles. The first-order valence-corrected chi connectivity index (χ1v) is 7.90. The molecule has 0 fully saturated rings. The van der Waals surface area contributed by atoms with E-state index in [9.17, 15) is 19.0 Å². The van der Waals surface area contributed by atoms with Crippen molar-refractivity contribution in [1.82, 2.24) is 5.32 Å². The van der Waals surface area contributed by atoms with Gasteiger partial charge in [-0.2, -0.15) is 0 Å². The molecule has 0 radical (unpaired) electrons. The van der Waals surface area contributed by atoms with Crippen LogP contribution in [0.3, 0.4) is 0 Å². The number of nitrogens with one attached hydrogen (secondary N) is 1. The second-order valence-corrected chi connectivity index (χ2v) is 6.28. The normalized spacial score (nSPS) is 18.6. The van der Waals surface area contributed by atoms with Crippen molar-refractivity contribution in [3.05, 3.63) is 0 Å². The van der Waals surface area contributed by atoms with Crippen LogP contribution in [0, 0.1) is 0 Å². The highest BCUT2D eigenvalue weighted by atomic mass is 31.2. The smallest absolute Gasteiger partial charge is 0.332 e. The van der Waals surface area contributed by atoms with E-state index >= 15 is 0 Å². The van der Waals surface area contributed by atoms with E-state index in [1.807, 2.05) is 6.92 Å². The third-order valence-electron chi connectivity index (χ3n) is 2.30. The maximum absolute atomic E-state index is 11.6. The minimum atomic E-state index is -4.22. The number of aliphatic carboxylic acids is 1. The van der Waals surface area contributed by atoms with Crippen LogP contribution in [0.1, 0.15) is 26.7 Å². The Labute approximate surface area is 117 Å². The van der Waals surface area contributed by atoms with Gasteiger partial charge in [-0.05, 0) is 13.3 Å². The molecule has 0 aromatic heterocycles. The SMILES string of the molecule is CCC[C@@H](N)C(=O)NC(CP(=O)(O)OC(C)N)C(=O)O. The molecule has 3 unspecified atom stereocenters. The van der Waals surface area contributed by atoms with Gasteiger partial charge in [-0.25, -0.2) is 4.79 Å². The van der Waals surface area contributed by atoms with Gasteiger partial charge < -0.3 is 26.8 Å². The zero-order chi connectivity index (χ0) is 15.9. The number of rotatable bonds is 9. The largest absolute Gasteiger partial charge is 0.480 e. The zero-order valence-electron chi connectivity index (χ0n) is 11.5. The van der Waals surface area contributed by atoms with E-state index < -0.39 is 43.9 Å². The molecule has 0 aliphatic carbocycles. The van der Waals surface area contributed by atoms with Gasteiger partial charge in [0.1, 0.15) is 12.3 Å². The Balaban J connectivity index is 4.71. The summed E-state index contributed by atoms with van der Waals surface area (Å²) in [5.41, 5.74) is 10.7. The number of hydrogen-bond donors (Lipinski definition) is 5. The number of carboxylic acids is 1. The standard InChI is InChI=1S/C10H22N3O6P/c1-3-4-7(12)9(14)13-8(10(15)16)5-20(17,18)19-6(2)11/h6-8H,3-5,11-12H2,1-2H3,(H,13,14)(H,15,16)(H,17,18)/t6?,7-,8?/m1/s1.